The van der Waals surface area contributed by atoms with Gasteiger partial charge < -0.3 is 28.8 Å². The average molecular weight is 632 g/mol. The van der Waals surface area contributed by atoms with Crippen molar-refractivity contribution in [3.63, 3.8) is 0 Å². The lowest BCUT2D eigenvalue weighted by Gasteiger charge is -2.27. The normalized spacial score (nSPS) is 16.6. The average Bonchev–Trinajstić information content (AvgIpc) is 3.56. The van der Waals surface area contributed by atoms with E-state index in [0.717, 1.165) is 22.4 Å². The van der Waals surface area contributed by atoms with Crippen molar-refractivity contribution in [2.24, 2.45) is 0 Å². The molecule has 11 nitrogen and oxygen atoms in total. The predicted molar refractivity (Wildman–Crippen MR) is 142 cm³/mol. The number of carbonyl (C=O) groups excluding carboxylic acids is 2. The van der Waals surface area contributed by atoms with Crippen molar-refractivity contribution in [3.8, 4) is 17.2 Å². The minimum absolute atomic E-state index is 0.0128. The molecule has 2 aromatic carbocycles. The van der Waals surface area contributed by atoms with Crippen LogP contribution in [0, 0.1) is 0 Å². The van der Waals surface area contributed by atoms with Crippen molar-refractivity contribution in [3.05, 3.63) is 105 Å². The van der Waals surface area contributed by atoms with Gasteiger partial charge in [-0.2, -0.15) is 18.3 Å². The molecule has 45 heavy (non-hydrogen) atoms. The van der Waals surface area contributed by atoms with Crippen LogP contribution in [0.1, 0.15) is 49.3 Å². The first-order valence-corrected chi connectivity index (χ1v) is 13.2. The van der Waals surface area contributed by atoms with Gasteiger partial charge >= 0.3 is 18.4 Å². The number of alkyl halides is 5. The van der Waals surface area contributed by atoms with Gasteiger partial charge in [-0.15, -0.1) is 8.78 Å². The topological polar surface area (TPSA) is 123 Å². The Morgan fingerprint density at radius 1 is 1.07 bits per heavy atom. The Balaban J connectivity index is 1.34. The number of nitrogens with zero attached hydrogens (tertiary/aromatic N) is 3. The number of hydrogen-bond donors (Lipinski definition) is 1. The molecular formula is C29H21F5N4O7. The Morgan fingerprint density at radius 2 is 1.84 bits per heavy atom. The molecule has 1 N–H and O–H groups in total. The molecule has 0 spiro atoms. The molecular weight excluding hydrogens is 611 g/mol. The number of carbonyl (C=O) groups is 2. The summed E-state index contributed by atoms with van der Waals surface area (Å²) >= 11 is 0. The monoisotopic (exact) mass is 632 g/mol. The molecule has 4 heterocycles. The van der Waals surface area contributed by atoms with Gasteiger partial charge in [-0.05, 0) is 42.0 Å². The van der Waals surface area contributed by atoms with Crippen molar-refractivity contribution in [2.45, 2.75) is 31.7 Å². The number of ether oxygens (including phenoxy) is 4. The Kier molecular flexibility index (Phi) is 7.31. The van der Waals surface area contributed by atoms with E-state index in [-0.39, 0.29) is 52.7 Å². The molecule has 1 unspecified atom stereocenters. The third kappa shape index (κ3) is 5.71. The molecule has 6 rings (SSSR count). The summed E-state index contributed by atoms with van der Waals surface area (Å²) < 4.78 is 90.1. The lowest BCUT2D eigenvalue weighted by atomic mass is 10.0. The molecule has 4 aromatic rings. The molecule has 1 amide bonds. The Hall–Kier alpha value is -5.25. The third-order valence-corrected chi connectivity index (χ3v) is 7.10. The number of halogens is 5. The minimum Gasteiger partial charge on any atom is -0.465 e. The van der Waals surface area contributed by atoms with Gasteiger partial charge in [0.15, 0.2) is 17.2 Å². The van der Waals surface area contributed by atoms with Gasteiger partial charge in [-0.1, -0.05) is 12.1 Å². The summed E-state index contributed by atoms with van der Waals surface area (Å²) in [6.45, 7) is -0.768. The van der Waals surface area contributed by atoms with Gasteiger partial charge in [-0.25, -0.2) is 9.48 Å². The Morgan fingerprint density at radius 3 is 2.60 bits per heavy atom. The van der Waals surface area contributed by atoms with Gasteiger partial charge in [0.1, 0.15) is 6.04 Å². The molecule has 0 bridgehead atoms. The number of nitrogens with one attached hydrogen (secondary N) is 1. The zero-order chi connectivity index (χ0) is 32.1. The molecule has 234 valence electrons. The number of benzene rings is 2. The molecule has 0 aliphatic carbocycles. The van der Waals surface area contributed by atoms with Gasteiger partial charge in [-0.3, -0.25) is 9.59 Å². The molecule has 0 radical (unpaired) electrons. The van der Waals surface area contributed by atoms with Crippen molar-refractivity contribution in [1.82, 2.24) is 19.7 Å². The first-order chi connectivity index (χ1) is 21.3. The van der Waals surface area contributed by atoms with Crippen molar-refractivity contribution in [2.75, 3.05) is 13.7 Å². The van der Waals surface area contributed by atoms with E-state index in [2.05, 4.69) is 19.9 Å². The van der Waals surface area contributed by atoms with Crippen LogP contribution in [-0.2, 0) is 28.8 Å². The van der Waals surface area contributed by atoms with Crippen LogP contribution in [0.25, 0.3) is 5.69 Å². The van der Waals surface area contributed by atoms with E-state index in [4.69, 9.17) is 9.47 Å². The summed E-state index contributed by atoms with van der Waals surface area (Å²) in [5.74, 6) is -1.75. The smallest absolute Gasteiger partial charge is 0.465 e. The van der Waals surface area contributed by atoms with Crippen LogP contribution < -0.4 is 20.3 Å². The molecule has 1 atom stereocenters. The fraction of sp³-hybridized carbons (Fsp3) is 0.241. The van der Waals surface area contributed by atoms with Crippen LogP contribution in [0.4, 0.5) is 22.0 Å². The molecule has 2 aliphatic rings. The van der Waals surface area contributed by atoms with E-state index < -0.39 is 48.2 Å². The fourth-order valence-electron chi connectivity index (χ4n) is 5.09. The van der Waals surface area contributed by atoms with E-state index >= 15 is 0 Å². The maximum atomic E-state index is 14.1. The number of aromatic nitrogens is 3. The highest BCUT2D eigenvalue weighted by Crippen LogP contribution is 2.41. The number of methoxy groups -OCH3 is 1. The Labute approximate surface area is 249 Å². The van der Waals surface area contributed by atoms with Crippen molar-refractivity contribution < 1.29 is 50.5 Å². The predicted octanol–water partition coefficient (Wildman–Crippen LogP) is 4.21. The Bertz CT molecular complexity index is 1890. The van der Waals surface area contributed by atoms with Crippen molar-refractivity contribution >= 4 is 11.9 Å². The second kappa shape index (κ2) is 11.0. The zero-order valence-corrected chi connectivity index (χ0v) is 23.1. The third-order valence-electron chi connectivity index (χ3n) is 7.10. The van der Waals surface area contributed by atoms with E-state index in [1.165, 1.54) is 54.7 Å². The largest absolute Gasteiger partial charge is 0.586 e. The van der Waals surface area contributed by atoms with E-state index in [0.29, 0.717) is 5.56 Å². The second-order valence-electron chi connectivity index (χ2n) is 9.99. The van der Waals surface area contributed by atoms with E-state index in [1.807, 2.05) is 0 Å². The van der Waals surface area contributed by atoms with E-state index in [9.17, 15) is 36.3 Å². The summed E-state index contributed by atoms with van der Waals surface area (Å²) in [4.78, 5) is 38.0. The minimum atomic E-state index is -4.89. The molecule has 0 saturated heterocycles. The van der Waals surface area contributed by atoms with Gasteiger partial charge in [0.25, 0.3) is 11.5 Å². The van der Waals surface area contributed by atoms with Crippen LogP contribution >= 0.6 is 0 Å². The van der Waals surface area contributed by atoms with Gasteiger partial charge in [0, 0.05) is 29.9 Å². The lowest BCUT2D eigenvalue weighted by Crippen LogP contribution is -2.33. The summed E-state index contributed by atoms with van der Waals surface area (Å²) in [5.41, 5.74) is -1.66. The quantitative estimate of drug-likeness (QED) is 0.248. The van der Waals surface area contributed by atoms with Crippen molar-refractivity contribution in [1.29, 1.82) is 0 Å². The number of amides is 1. The summed E-state index contributed by atoms with van der Waals surface area (Å²) in [7, 11) is 1.14. The fourth-order valence-corrected chi connectivity index (χ4v) is 5.09. The summed E-state index contributed by atoms with van der Waals surface area (Å²) in [6.07, 6.45) is -7.52. The van der Waals surface area contributed by atoms with Crippen LogP contribution in [0.3, 0.4) is 0 Å². The van der Waals surface area contributed by atoms with Crippen LogP contribution in [0.15, 0.2) is 65.6 Å². The first kappa shape index (κ1) is 29.8. The van der Waals surface area contributed by atoms with E-state index in [1.54, 1.807) is 0 Å². The second-order valence-corrected chi connectivity index (χ2v) is 9.99. The standard InChI is InChI=1S/C29H21F5N4O7/c1-42-27(41)17-6-8-23(39)37(12-17)20-14-43-13-19-24(20)38(36-25(19)28(30,31)32)18-4-2-3-16(10-18)26(40)35-11-15-5-7-21-22(9-15)45-29(33,34)44-21/h2-10,12,20H,11,13-14H2,1H3,(H,35,40). The van der Waals surface area contributed by atoms with Crippen LogP contribution in [-0.4, -0.2) is 46.2 Å². The van der Waals surface area contributed by atoms with Gasteiger partial charge in [0.05, 0.1) is 37.3 Å². The molecule has 2 aromatic heterocycles. The highest BCUT2D eigenvalue weighted by atomic mass is 19.4. The molecule has 0 saturated carbocycles. The number of fused-ring (bicyclic) bond motifs is 2. The maximum Gasteiger partial charge on any atom is 0.586 e. The summed E-state index contributed by atoms with van der Waals surface area (Å²) in [6, 6.07) is 10.8. The number of hydrogen-bond acceptors (Lipinski definition) is 8. The zero-order valence-electron chi connectivity index (χ0n) is 23.1. The molecule has 16 heteroatoms. The lowest BCUT2D eigenvalue weighted by molar-refractivity contribution is -0.286. The number of esters is 1. The SMILES string of the molecule is COC(=O)c1ccc(=O)n(C2COCc3c(C(F)(F)F)nn(-c4cccc(C(=O)NCc5ccc6c(c5)OC(F)(F)O6)c4)c32)c1. The van der Waals surface area contributed by atoms with Gasteiger partial charge in [0.2, 0.25) is 0 Å². The maximum absolute atomic E-state index is 14.1. The van der Waals surface area contributed by atoms with Crippen LogP contribution in [0.5, 0.6) is 11.5 Å². The number of rotatable bonds is 6. The molecule has 0 fully saturated rings. The first-order valence-electron chi connectivity index (χ1n) is 13.2. The molecule has 2 aliphatic heterocycles. The van der Waals surface area contributed by atoms with Crippen LogP contribution in [0.2, 0.25) is 0 Å². The summed E-state index contributed by atoms with van der Waals surface area (Å²) in [5, 5.41) is 6.46. The number of pyridine rings is 1. The highest BCUT2D eigenvalue weighted by Gasteiger charge is 2.44. The highest BCUT2D eigenvalue weighted by molar-refractivity contribution is 5.94.